The Balaban J connectivity index is 2.53. The van der Waals surface area contributed by atoms with E-state index < -0.39 is 9.84 Å². The van der Waals surface area contributed by atoms with Gasteiger partial charge in [-0.15, -0.1) is 0 Å². The molecule has 0 radical (unpaired) electrons. The van der Waals surface area contributed by atoms with E-state index in [1.165, 1.54) is 6.26 Å². The monoisotopic (exact) mass is 269 g/mol. The van der Waals surface area contributed by atoms with Crippen LogP contribution in [-0.4, -0.2) is 26.3 Å². The van der Waals surface area contributed by atoms with Gasteiger partial charge in [0.05, 0.1) is 5.75 Å². The van der Waals surface area contributed by atoms with E-state index >= 15 is 0 Å². The maximum Gasteiger partial charge on any atom is 0.224 e. The highest BCUT2D eigenvalue weighted by atomic mass is 32.2. The third-order valence-corrected chi connectivity index (χ3v) is 3.83. The van der Waals surface area contributed by atoms with Crippen LogP contribution in [0.4, 0.5) is 5.69 Å². The molecule has 0 aliphatic heterocycles. The number of hydrogen-bond acceptors (Lipinski definition) is 3. The Morgan fingerprint density at radius 2 is 1.94 bits per heavy atom. The highest BCUT2D eigenvalue weighted by Crippen LogP contribution is 2.18. The van der Waals surface area contributed by atoms with Gasteiger partial charge in [-0.2, -0.15) is 0 Å². The second-order valence-corrected chi connectivity index (χ2v) is 6.79. The van der Waals surface area contributed by atoms with Gasteiger partial charge < -0.3 is 5.32 Å². The largest absolute Gasteiger partial charge is 0.326 e. The van der Waals surface area contributed by atoms with Crippen molar-refractivity contribution >= 4 is 21.4 Å². The highest BCUT2D eigenvalue weighted by molar-refractivity contribution is 7.90. The summed E-state index contributed by atoms with van der Waals surface area (Å²) < 4.78 is 21.9. The summed E-state index contributed by atoms with van der Waals surface area (Å²) in [5, 5.41) is 2.80. The summed E-state index contributed by atoms with van der Waals surface area (Å²) in [7, 11) is -2.99. The molecule has 5 heteroatoms. The fraction of sp³-hybridized carbons (Fsp3) is 0.462. The van der Waals surface area contributed by atoms with E-state index in [-0.39, 0.29) is 18.1 Å². The summed E-state index contributed by atoms with van der Waals surface area (Å²) in [6.07, 6.45) is 1.76. The van der Waals surface area contributed by atoms with Crippen molar-refractivity contribution in [2.24, 2.45) is 0 Å². The highest BCUT2D eigenvalue weighted by Gasteiger charge is 2.08. The number of anilines is 1. The van der Waals surface area contributed by atoms with Crippen molar-refractivity contribution in [1.29, 1.82) is 0 Å². The maximum absolute atomic E-state index is 11.7. The average Bonchev–Trinajstić information content (AvgIpc) is 2.23. The van der Waals surface area contributed by atoms with Crippen LogP contribution in [0.3, 0.4) is 0 Å². The summed E-state index contributed by atoms with van der Waals surface area (Å²) in [4.78, 5) is 11.7. The number of amides is 1. The first kappa shape index (κ1) is 14.7. The molecule has 18 heavy (non-hydrogen) atoms. The van der Waals surface area contributed by atoms with Gasteiger partial charge in [-0.3, -0.25) is 4.79 Å². The number of hydrogen-bond donors (Lipinski definition) is 1. The molecule has 1 rings (SSSR count). The zero-order valence-corrected chi connectivity index (χ0v) is 11.8. The lowest BCUT2D eigenvalue weighted by molar-refractivity contribution is -0.116. The first-order chi connectivity index (χ1) is 8.29. The van der Waals surface area contributed by atoms with Crippen LogP contribution in [0.15, 0.2) is 18.2 Å². The number of sulfone groups is 1. The lowest BCUT2D eigenvalue weighted by Crippen LogP contribution is -2.14. The third-order valence-electron chi connectivity index (χ3n) is 2.80. The Bertz CT molecular complexity index is 535. The fourth-order valence-corrected chi connectivity index (χ4v) is 2.26. The minimum absolute atomic E-state index is 0.0488. The molecule has 0 atom stereocenters. The first-order valence-electron chi connectivity index (χ1n) is 5.83. The van der Waals surface area contributed by atoms with Gasteiger partial charge in [0, 0.05) is 18.4 Å². The first-order valence-corrected chi connectivity index (χ1v) is 7.89. The molecule has 1 aromatic carbocycles. The van der Waals surface area contributed by atoms with E-state index in [2.05, 4.69) is 5.32 Å². The second-order valence-electron chi connectivity index (χ2n) is 4.53. The lowest BCUT2D eigenvalue weighted by atomic mass is 10.1. The Morgan fingerprint density at radius 3 is 2.56 bits per heavy atom. The van der Waals surface area contributed by atoms with Crippen molar-refractivity contribution in [2.75, 3.05) is 17.3 Å². The zero-order valence-electron chi connectivity index (χ0n) is 11.0. The molecule has 0 aromatic heterocycles. The Labute approximate surface area is 108 Å². The molecule has 1 aromatic rings. The van der Waals surface area contributed by atoms with Crippen molar-refractivity contribution < 1.29 is 13.2 Å². The van der Waals surface area contributed by atoms with Crippen LogP contribution in [0.25, 0.3) is 0 Å². The molecule has 0 saturated carbocycles. The molecule has 100 valence electrons. The van der Waals surface area contributed by atoms with Crippen molar-refractivity contribution in [3.05, 3.63) is 29.3 Å². The summed E-state index contributed by atoms with van der Waals surface area (Å²) in [6, 6.07) is 5.71. The van der Waals surface area contributed by atoms with E-state index in [1.54, 1.807) is 0 Å². The molecule has 0 aliphatic rings. The summed E-state index contributed by atoms with van der Waals surface area (Å²) >= 11 is 0. The molecule has 0 bridgehead atoms. The molecule has 4 nitrogen and oxygen atoms in total. The van der Waals surface area contributed by atoms with Gasteiger partial charge in [-0.1, -0.05) is 12.1 Å². The minimum atomic E-state index is -2.99. The van der Waals surface area contributed by atoms with E-state index in [4.69, 9.17) is 0 Å². The van der Waals surface area contributed by atoms with Crippen molar-refractivity contribution in [3.63, 3.8) is 0 Å². The van der Waals surface area contributed by atoms with Crippen molar-refractivity contribution in [3.8, 4) is 0 Å². The van der Waals surface area contributed by atoms with E-state index in [0.717, 1.165) is 16.8 Å². The van der Waals surface area contributed by atoms with Crippen LogP contribution >= 0.6 is 0 Å². The Morgan fingerprint density at radius 1 is 1.28 bits per heavy atom. The number of rotatable bonds is 5. The van der Waals surface area contributed by atoms with Crippen LogP contribution in [0.2, 0.25) is 0 Å². The summed E-state index contributed by atoms with van der Waals surface area (Å²) in [6.45, 7) is 3.93. The van der Waals surface area contributed by atoms with Gasteiger partial charge in [0.1, 0.15) is 9.84 Å². The third kappa shape index (κ3) is 4.87. The number of carbonyl (C=O) groups excluding carboxylic acids is 1. The molecule has 0 saturated heterocycles. The molecule has 0 unspecified atom stereocenters. The van der Waals surface area contributed by atoms with Gasteiger partial charge in [-0.05, 0) is 37.5 Å². The van der Waals surface area contributed by atoms with E-state index in [9.17, 15) is 13.2 Å². The van der Waals surface area contributed by atoms with Gasteiger partial charge >= 0.3 is 0 Å². The second kappa shape index (κ2) is 6.00. The molecule has 0 spiro atoms. The van der Waals surface area contributed by atoms with Crippen LogP contribution in [0.1, 0.15) is 24.0 Å². The number of aryl methyl sites for hydroxylation is 1. The SMILES string of the molecule is Cc1cccc(NC(=O)CCCS(C)(=O)=O)c1C. The molecular weight excluding hydrogens is 250 g/mol. The molecular formula is C13H19NO3S. The Hall–Kier alpha value is -1.36. The summed E-state index contributed by atoms with van der Waals surface area (Å²) in [5.41, 5.74) is 2.94. The number of nitrogens with one attached hydrogen (secondary N) is 1. The van der Waals surface area contributed by atoms with Crippen LogP contribution in [-0.2, 0) is 14.6 Å². The normalized spacial score (nSPS) is 11.3. The lowest BCUT2D eigenvalue weighted by Gasteiger charge is -2.10. The molecule has 0 heterocycles. The fourth-order valence-electron chi connectivity index (χ4n) is 1.59. The summed E-state index contributed by atoms with van der Waals surface area (Å²) in [5.74, 6) is -0.0971. The molecule has 1 N–H and O–H groups in total. The van der Waals surface area contributed by atoms with E-state index in [1.807, 2.05) is 32.0 Å². The molecule has 1 amide bonds. The van der Waals surface area contributed by atoms with Gasteiger partial charge in [0.2, 0.25) is 5.91 Å². The van der Waals surface area contributed by atoms with Crippen molar-refractivity contribution in [2.45, 2.75) is 26.7 Å². The van der Waals surface area contributed by atoms with Crippen molar-refractivity contribution in [1.82, 2.24) is 0 Å². The van der Waals surface area contributed by atoms with Gasteiger partial charge in [-0.25, -0.2) is 8.42 Å². The predicted octanol–water partition coefficient (Wildman–Crippen LogP) is 2.07. The predicted molar refractivity (Wildman–Crippen MR) is 73.5 cm³/mol. The maximum atomic E-state index is 11.7. The number of carbonyl (C=O) groups is 1. The number of benzene rings is 1. The topological polar surface area (TPSA) is 63.2 Å². The van der Waals surface area contributed by atoms with Gasteiger partial charge in [0.25, 0.3) is 0 Å². The molecule has 0 aliphatic carbocycles. The zero-order chi connectivity index (χ0) is 13.8. The van der Waals surface area contributed by atoms with Crippen LogP contribution < -0.4 is 5.32 Å². The minimum Gasteiger partial charge on any atom is -0.326 e. The molecule has 0 fully saturated rings. The van der Waals surface area contributed by atoms with E-state index in [0.29, 0.717) is 6.42 Å². The average molecular weight is 269 g/mol. The smallest absolute Gasteiger partial charge is 0.224 e. The quantitative estimate of drug-likeness (QED) is 0.890. The van der Waals surface area contributed by atoms with Crippen LogP contribution in [0, 0.1) is 13.8 Å². The standard InChI is InChI=1S/C13H19NO3S/c1-10-6-4-7-12(11(10)2)14-13(15)8-5-9-18(3,16)17/h4,6-7H,5,8-9H2,1-3H3,(H,14,15). The van der Waals surface area contributed by atoms with Crippen LogP contribution in [0.5, 0.6) is 0 Å². The Kier molecular flexibility index (Phi) is 4.90. The van der Waals surface area contributed by atoms with Gasteiger partial charge in [0.15, 0.2) is 0 Å².